The van der Waals surface area contributed by atoms with Gasteiger partial charge < -0.3 is 5.73 Å². The van der Waals surface area contributed by atoms with Crippen molar-refractivity contribution in [2.24, 2.45) is 10.2 Å². The molecular formula is C15H13ClN6. The van der Waals surface area contributed by atoms with Crippen LogP contribution in [0.15, 0.2) is 58.9 Å². The van der Waals surface area contributed by atoms with Crippen LogP contribution in [-0.2, 0) is 0 Å². The summed E-state index contributed by atoms with van der Waals surface area (Å²) in [4.78, 5) is 3.95. The second kappa shape index (κ2) is 5.95. The minimum absolute atomic E-state index is 0.290. The highest BCUT2D eigenvalue weighted by molar-refractivity contribution is 6.31. The number of rotatable bonds is 3. The summed E-state index contributed by atoms with van der Waals surface area (Å²) in [5.41, 5.74) is 8.69. The van der Waals surface area contributed by atoms with E-state index in [-0.39, 0.29) is 5.15 Å². The highest BCUT2D eigenvalue weighted by Crippen LogP contribution is 2.31. The normalized spacial score (nSPS) is 11.2. The van der Waals surface area contributed by atoms with Crippen LogP contribution in [0.5, 0.6) is 0 Å². The van der Waals surface area contributed by atoms with Gasteiger partial charge in [-0.25, -0.2) is 9.67 Å². The Hall–Kier alpha value is -2.73. The number of pyridine rings is 1. The number of aromatic nitrogens is 3. The molecule has 0 aliphatic heterocycles. The van der Waals surface area contributed by atoms with Gasteiger partial charge in [-0.15, -0.1) is 10.2 Å². The lowest BCUT2D eigenvalue weighted by Gasteiger charge is -2.02. The molecule has 3 rings (SSSR count). The first kappa shape index (κ1) is 14.2. The molecule has 7 heteroatoms. The first-order chi connectivity index (χ1) is 10.7. The van der Waals surface area contributed by atoms with Gasteiger partial charge in [0.25, 0.3) is 0 Å². The van der Waals surface area contributed by atoms with Gasteiger partial charge in [0.15, 0.2) is 16.7 Å². The fourth-order valence-electron chi connectivity index (χ4n) is 1.98. The van der Waals surface area contributed by atoms with Crippen LogP contribution >= 0.6 is 11.6 Å². The molecule has 2 heterocycles. The summed E-state index contributed by atoms with van der Waals surface area (Å²) in [6, 6.07) is 13.1. The SMILES string of the molecule is Cc1nn(-c2ccccc2)c(N)c1N=Nc1cccnc1Cl. The third kappa shape index (κ3) is 2.68. The molecule has 0 saturated carbocycles. The molecule has 0 atom stereocenters. The van der Waals surface area contributed by atoms with Crippen LogP contribution in [0.25, 0.3) is 5.69 Å². The van der Waals surface area contributed by atoms with E-state index in [2.05, 4.69) is 20.3 Å². The van der Waals surface area contributed by atoms with Gasteiger partial charge in [0, 0.05) is 6.20 Å². The number of hydrogen-bond donors (Lipinski definition) is 1. The molecular weight excluding hydrogens is 300 g/mol. The Kier molecular flexibility index (Phi) is 3.84. The molecule has 0 aliphatic rings. The van der Waals surface area contributed by atoms with E-state index in [0.717, 1.165) is 5.69 Å². The van der Waals surface area contributed by atoms with E-state index in [1.165, 1.54) is 0 Å². The fraction of sp³-hybridized carbons (Fsp3) is 0.0667. The molecule has 0 aliphatic carbocycles. The molecule has 2 N–H and O–H groups in total. The molecule has 3 aromatic rings. The number of nitrogens with two attached hydrogens (primary N) is 1. The standard InChI is InChI=1S/C15H13ClN6/c1-10-13(20-19-12-8-5-9-18-14(12)16)15(17)22(21-10)11-6-3-2-4-7-11/h2-9H,17H2,1H3. The van der Waals surface area contributed by atoms with Crippen LogP contribution < -0.4 is 5.73 Å². The quantitative estimate of drug-likeness (QED) is 0.580. The van der Waals surface area contributed by atoms with Gasteiger partial charge in [-0.1, -0.05) is 29.8 Å². The predicted molar refractivity (Wildman–Crippen MR) is 86.1 cm³/mol. The summed E-state index contributed by atoms with van der Waals surface area (Å²) in [5.74, 6) is 0.424. The summed E-state index contributed by atoms with van der Waals surface area (Å²) in [7, 11) is 0. The molecule has 110 valence electrons. The number of para-hydroxylation sites is 1. The molecule has 0 amide bonds. The molecule has 0 bridgehead atoms. The fourth-order valence-corrected chi connectivity index (χ4v) is 2.14. The Bertz CT molecular complexity index is 825. The minimum Gasteiger partial charge on any atom is -0.382 e. The van der Waals surface area contributed by atoms with Crippen LogP contribution in [0.1, 0.15) is 5.69 Å². The first-order valence-electron chi connectivity index (χ1n) is 6.59. The summed E-state index contributed by atoms with van der Waals surface area (Å²) in [5, 5.41) is 13.0. The number of nitrogen functional groups attached to an aromatic ring is 1. The Balaban J connectivity index is 1.99. The van der Waals surface area contributed by atoms with E-state index in [9.17, 15) is 0 Å². The maximum atomic E-state index is 6.14. The van der Waals surface area contributed by atoms with Crippen molar-refractivity contribution in [2.45, 2.75) is 6.92 Å². The summed E-state index contributed by atoms with van der Waals surface area (Å²) in [6.07, 6.45) is 1.59. The highest BCUT2D eigenvalue weighted by atomic mass is 35.5. The predicted octanol–water partition coefficient (Wildman–Crippen LogP) is 4.23. The van der Waals surface area contributed by atoms with Gasteiger partial charge in [0.05, 0.1) is 11.4 Å². The number of anilines is 1. The molecule has 0 radical (unpaired) electrons. The topological polar surface area (TPSA) is 81.5 Å². The lowest BCUT2D eigenvalue weighted by Crippen LogP contribution is -2.01. The van der Waals surface area contributed by atoms with Crippen LogP contribution in [-0.4, -0.2) is 14.8 Å². The van der Waals surface area contributed by atoms with Crippen molar-refractivity contribution in [3.63, 3.8) is 0 Å². The van der Waals surface area contributed by atoms with E-state index < -0.39 is 0 Å². The lowest BCUT2D eigenvalue weighted by atomic mass is 10.3. The average Bonchev–Trinajstić information content (AvgIpc) is 2.82. The summed E-state index contributed by atoms with van der Waals surface area (Å²) < 4.78 is 1.63. The zero-order valence-electron chi connectivity index (χ0n) is 11.8. The van der Waals surface area contributed by atoms with Crippen molar-refractivity contribution in [1.82, 2.24) is 14.8 Å². The first-order valence-corrected chi connectivity index (χ1v) is 6.97. The third-order valence-corrected chi connectivity index (χ3v) is 3.35. The molecule has 6 nitrogen and oxygen atoms in total. The molecule has 0 saturated heterocycles. The smallest absolute Gasteiger partial charge is 0.156 e. The summed E-state index contributed by atoms with van der Waals surface area (Å²) >= 11 is 5.95. The molecule has 0 fully saturated rings. The van der Waals surface area contributed by atoms with Crippen LogP contribution in [0.3, 0.4) is 0 Å². The number of nitrogens with zero attached hydrogens (tertiary/aromatic N) is 5. The van der Waals surface area contributed by atoms with E-state index in [1.54, 1.807) is 23.0 Å². The number of hydrogen-bond acceptors (Lipinski definition) is 5. The second-order valence-electron chi connectivity index (χ2n) is 4.58. The van der Waals surface area contributed by atoms with Gasteiger partial charge >= 0.3 is 0 Å². The number of azo groups is 1. The van der Waals surface area contributed by atoms with E-state index in [4.69, 9.17) is 17.3 Å². The van der Waals surface area contributed by atoms with Crippen molar-refractivity contribution in [3.05, 3.63) is 59.5 Å². The minimum atomic E-state index is 0.290. The Morgan fingerprint density at radius 1 is 1.09 bits per heavy atom. The third-order valence-electron chi connectivity index (χ3n) is 3.06. The molecule has 22 heavy (non-hydrogen) atoms. The van der Waals surface area contributed by atoms with Crippen molar-refractivity contribution >= 4 is 28.8 Å². The zero-order valence-corrected chi connectivity index (χ0v) is 12.6. The van der Waals surface area contributed by atoms with Gasteiger partial charge in [0.2, 0.25) is 0 Å². The zero-order chi connectivity index (χ0) is 15.5. The van der Waals surface area contributed by atoms with Crippen LogP contribution in [0.4, 0.5) is 17.2 Å². The van der Waals surface area contributed by atoms with Gasteiger partial charge in [-0.05, 0) is 31.2 Å². The van der Waals surface area contributed by atoms with Crippen molar-refractivity contribution in [3.8, 4) is 5.69 Å². The number of benzene rings is 1. The number of halogens is 1. The van der Waals surface area contributed by atoms with Gasteiger partial charge in [0.1, 0.15) is 5.69 Å². The van der Waals surface area contributed by atoms with E-state index in [0.29, 0.717) is 22.9 Å². The largest absolute Gasteiger partial charge is 0.382 e. The van der Waals surface area contributed by atoms with Crippen molar-refractivity contribution in [2.75, 3.05) is 5.73 Å². The van der Waals surface area contributed by atoms with E-state index in [1.807, 2.05) is 37.3 Å². The van der Waals surface area contributed by atoms with Crippen molar-refractivity contribution in [1.29, 1.82) is 0 Å². The highest BCUT2D eigenvalue weighted by Gasteiger charge is 2.13. The molecule has 0 spiro atoms. The second-order valence-corrected chi connectivity index (χ2v) is 4.94. The Labute approximate surface area is 132 Å². The monoisotopic (exact) mass is 312 g/mol. The number of aryl methyl sites for hydroxylation is 1. The Morgan fingerprint density at radius 3 is 2.59 bits per heavy atom. The average molecular weight is 313 g/mol. The summed E-state index contributed by atoms with van der Waals surface area (Å²) in [6.45, 7) is 1.83. The van der Waals surface area contributed by atoms with E-state index >= 15 is 0 Å². The lowest BCUT2D eigenvalue weighted by molar-refractivity contribution is 0.872. The molecule has 2 aromatic heterocycles. The molecule has 1 aromatic carbocycles. The maximum Gasteiger partial charge on any atom is 0.156 e. The Morgan fingerprint density at radius 2 is 1.86 bits per heavy atom. The van der Waals surface area contributed by atoms with Crippen LogP contribution in [0, 0.1) is 6.92 Å². The van der Waals surface area contributed by atoms with Crippen LogP contribution in [0.2, 0.25) is 5.15 Å². The van der Waals surface area contributed by atoms with Crippen molar-refractivity contribution < 1.29 is 0 Å². The van der Waals surface area contributed by atoms with Gasteiger partial charge in [-0.2, -0.15) is 5.10 Å². The maximum absolute atomic E-state index is 6.14. The molecule has 0 unspecified atom stereocenters. The van der Waals surface area contributed by atoms with Gasteiger partial charge in [-0.3, -0.25) is 0 Å².